The van der Waals surface area contributed by atoms with Crippen molar-refractivity contribution >= 4 is 13.7 Å². The number of phosphoric ester groups is 1. The van der Waals surface area contributed by atoms with Crippen LogP contribution in [0.15, 0.2) is 12.2 Å². The van der Waals surface area contributed by atoms with Crippen LogP contribution in [0.4, 0.5) is 0 Å². The molecule has 0 aromatic rings. The quantitative estimate of drug-likeness (QED) is 0.0375. The van der Waals surface area contributed by atoms with Gasteiger partial charge in [0.15, 0.2) is 0 Å². The SMILES string of the molecule is CCCCCCCCC/C=C\CCCCCCCC(=O)NC(COP(=O)([O-])OCC[N+](C)(C)C)C(O)CCCCCC. The number of nitrogens with zero attached hydrogens (tertiary/aromatic N) is 1. The summed E-state index contributed by atoms with van der Waals surface area (Å²) in [6.45, 7) is 4.56. The van der Waals surface area contributed by atoms with Gasteiger partial charge in [-0.05, 0) is 38.5 Å². The fourth-order valence-corrected chi connectivity index (χ4v) is 5.40. The number of allylic oxidation sites excluding steroid dienone is 2. The molecule has 0 aliphatic heterocycles. The van der Waals surface area contributed by atoms with Crippen molar-refractivity contribution in [2.45, 2.75) is 154 Å². The number of amides is 1. The first-order valence-electron chi connectivity index (χ1n) is 17.0. The second kappa shape index (κ2) is 26.6. The number of unbranched alkanes of at least 4 members (excludes halogenated alkanes) is 15. The Hall–Kier alpha value is -0.760. The molecule has 0 rings (SSSR count). The highest BCUT2D eigenvalue weighted by atomic mass is 31.2. The van der Waals surface area contributed by atoms with E-state index in [-0.39, 0.29) is 19.1 Å². The van der Waals surface area contributed by atoms with Crippen LogP contribution >= 0.6 is 7.82 Å². The van der Waals surface area contributed by atoms with E-state index in [1.165, 1.54) is 57.8 Å². The van der Waals surface area contributed by atoms with Gasteiger partial charge in [-0.3, -0.25) is 9.36 Å². The summed E-state index contributed by atoms with van der Waals surface area (Å²) < 4.78 is 22.9. The summed E-state index contributed by atoms with van der Waals surface area (Å²) in [7, 11) is 1.29. The van der Waals surface area contributed by atoms with Crippen LogP contribution in [0.1, 0.15) is 142 Å². The third kappa shape index (κ3) is 28.0. The van der Waals surface area contributed by atoms with Crippen molar-refractivity contribution in [1.82, 2.24) is 5.32 Å². The predicted molar refractivity (Wildman–Crippen MR) is 173 cm³/mol. The van der Waals surface area contributed by atoms with Crippen molar-refractivity contribution < 1.29 is 32.9 Å². The third-order valence-electron chi connectivity index (χ3n) is 7.50. The molecule has 0 fully saturated rings. The molecule has 250 valence electrons. The van der Waals surface area contributed by atoms with Gasteiger partial charge >= 0.3 is 0 Å². The number of hydrogen-bond donors (Lipinski definition) is 2. The molecular weight excluding hydrogens is 551 g/mol. The van der Waals surface area contributed by atoms with E-state index in [0.29, 0.717) is 23.9 Å². The highest BCUT2D eigenvalue weighted by Gasteiger charge is 2.24. The summed E-state index contributed by atoms with van der Waals surface area (Å²) in [6, 6.07) is -0.795. The normalized spacial score (nSPS) is 15.1. The summed E-state index contributed by atoms with van der Waals surface area (Å²) in [4.78, 5) is 24.9. The molecule has 0 aromatic heterocycles. The minimum Gasteiger partial charge on any atom is -0.756 e. The molecule has 0 aliphatic carbocycles. The van der Waals surface area contributed by atoms with E-state index < -0.39 is 20.0 Å². The van der Waals surface area contributed by atoms with E-state index >= 15 is 0 Å². The standard InChI is InChI=1S/C33H67N2O6P/c1-6-8-10-12-13-14-15-16-17-18-19-20-21-22-23-25-27-33(37)34-31(32(36)26-24-11-9-7-2)30-41-42(38,39)40-29-28-35(3,4)5/h17-18,31-32,36H,6-16,19-30H2,1-5H3,(H-,34,37,38,39)/b18-17-. The van der Waals surface area contributed by atoms with E-state index in [2.05, 4.69) is 31.3 Å². The predicted octanol–water partition coefficient (Wildman–Crippen LogP) is 7.44. The van der Waals surface area contributed by atoms with Gasteiger partial charge < -0.3 is 28.8 Å². The highest BCUT2D eigenvalue weighted by Crippen LogP contribution is 2.38. The lowest BCUT2D eigenvalue weighted by atomic mass is 10.0. The molecule has 0 heterocycles. The monoisotopic (exact) mass is 618 g/mol. The average molecular weight is 619 g/mol. The van der Waals surface area contributed by atoms with Crippen molar-refractivity contribution in [3.63, 3.8) is 0 Å². The summed E-state index contributed by atoms with van der Waals surface area (Å²) in [6.07, 6.45) is 25.5. The third-order valence-corrected chi connectivity index (χ3v) is 8.47. The Balaban J connectivity index is 4.26. The van der Waals surface area contributed by atoms with Crippen LogP contribution in [0, 0.1) is 0 Å². The lowest BCUT2D eigenvalue weighted by Crippen LogP contribution is -2.46. The number of rotatable bonds is 30. The first-order chi connectivity index (χ1) is 20.0. The molecule has 0 saturated heterocycles. The Labute approximate surface area is 259 Å². The van der Waals surface area contributed by atoms with Crippen molar-refractivity contribution in [3.8, 4) is 0 Å². The van der Waals surface area contributed by atoms with E-state index in [1.807, 2.05) is 21.1 Å². The largest absolute Gasteiger partial charge is 0.756 e. The van der Waals surface area contributed by atoms with Gasteiger partial charge in [0.25, 0.3) is 7.82 Å². The summed E-state index contributed by atoms with van der Waals surface area (Å²) >= 11 is 0. The first-order valence-corrected chi connectivity index (χ1v) is 18.5. The molecule has 0 aromatic carbocycles. The molecule has 1 amide bonds. The van der Waals surface area contributed by atoms with Gasteiger partial charge in [0.05, 0.1) is 39.9 Å². The summed E-state index contributed by atoms with van der Waals surface area (Å²) in [5.41, 5.74) is 0. The lowest BCUT2D eigenvalue weighted by molar-refractivity contribution is -0.870. The van der Waals surface area contributed by atoms with Crippen LogP contribution in [0.2, 0.25) is 0 Å². The van der Waals surface area contributed by atoms with Crippen molar-refractivity contribution in [2.24, 2.45) is 0 Å². The zero-order valence-electron chi connectivity index (χ0n) is 28.0. The van der Waals surface area contributed by atoms with Crippen LogP contribution in [0.5, 0.6) is 0 Å². The van der Waals surface area contributed by atoms with Gasteiger partial charge in [-0.25, -0.2) is 0 Å². The minimum absolute atomic E-state index is 0.0103. The first kappa shape index (κ1) is 41.2. The van der Waals surface area contributed by atoms with Crippen molar-refractivity contribution in [3.05, 3.63) is 12.2 Å². The van der Waals surface area contributed by atoms with Crippen molar-refractivity contribution in [1.29, 1.82) is 0 Å². The number of likely N-dealkylation sites (N-methyl/N-ethyl adjacent to an activating group) is 1. The van der Waals surface area contributed by atoms with Crippen LogP contribution in [-0.4, -0.2) is 68.5 Å². The fraction of sp³-hybridized carbons (Fsp3) is 0.909. The molecule has 0 aliphatic rings. The summed E-state index contributed by atoms with van der Waals surface area (Å²) in [5, 5.41) is 13.5. The topological polar surface area (TPSA) is 108 Å². The van der Waals surface area contributed by atoms with Crippen LogP contribution in [-0.2, 0) is 18.4 Å². The van der Waals surface area contributed by atoms with Crippen LogP contribution < -0.4 is 10.2 Å². The lowest BCUT2D eigenvalue weighted by Gasteiger charge is -2.30. The number of hydrogen-bond acceptors (Lipinski definition) is 6. The molecule has 2 N–H and O–H groups in total. The Bertz CT molecular complexity index is 713. The Morgan fingerprint density at radius 2 is 1.31 bits per heavy atom. The van der Waals surface area contributed by atoms with Gasteiger partial charge in [0.2, 0.25) is 5.91 Å². The number of aliphatic hydroxyl groups is 1. The van der Waals surface area contributed by atoms with Crippen LogP contribution in [0.3, 0.4) is 0 Å². The average Bonchev–Trinajstić information content (AvgIpc) is 2.92. The Morgan fingerprint density at radius 1 is 0.810 bits per heavy atom. The Morgan fingerprint density at radius 3 is 1.86 bits per heavy atom. The van der Waals surface area contributed by atoms with Gasteiger partial charge in [-0.15, -0.1) is 0 Å². The molecule has 0 bridgehead atoms. The molecule has 42 heavy (non-hydrogen) atoms. The summed E-state index contributed by atoms with van der Waals surface area (Å²) in [5.74, 6) is -0.184. The van der Waals surface area contributed by atoms with Crippen molar-refractivity contribution in [2.75, 3.05) is 40.9 Å². The van der Waals surface area contributed by atoms with Crippen LogP contribution in [0.25, 0.3) is 0 Å². The number of nitrogens with one attached hydrogen (secondary N) is 1. The van der Waals surface area contributed by atoms with Gasteiger partial charge in [0.1, 0.15) is 13.2 Å². The van der Waals surface area contributed by atoms with E-state index in [1.54, 1.807) is 0 Å². The Kier molecular flexibility index (Phi) is 26.1. The highest BCUT2D eigenvalue weighted by molar-refractivity contribution is 7.45. The number of quaternary nitrogens is 1. The molecule has 3 unspecified atom stereocenters. The van der Waals surface area contributed by atoms with Gasteiger partial charge in [-0.1, -0.05) is 109 Å². The second-order valence-electron chi connectivity index (χ2n) is 12.9. The molecule has 0 radical (unpaired) electrons. The molecule has 0 spiro atoms. The van der Waals surface area contributed by atoms with E-state index in [9.17, 15) is 19.4 Å². The second-order valence-corrected chi connectivity index (χ2v) is 14.3. The number of carbonyl (C=O) groups excluding carboxylic acids is 1. The van der Waals surface area contributed by atoms with E-state index in [4.69, 9.17) is 9.05 Å². The number of aliphatic hydroxyl groups excluding tert-OH is 1. The zero-order chi connectivity index (χ0) is 31.5. The van der Waals surface area contributed by atoms with Gasteiger partial charge in [0, 0.05) is 6.42 Å². The number of phosphoric acid groups is 1. The zero-order valence-corrected chi connectivity index (χ0v) is 28.9. The maximum absolute atomic E-state index is 12.6. The molecule has 0 saturated carbocycles. The minimum atomic E-state index is -4.53. The molecule has 9 heteroatoms. The molecule has 3 atom stereocenters. The van der Waals surface area contributed by atoms with Gasteiger partial charge in [-0.2, -0.15) is 0 Å². The fourth-order valence-electron chi connectivity index (χ4n) is 4.68. The maximum Gasteiger partial charge on any atom is 0.268 e. The maximum atomic E-state index is 12.6. The molecule has 8 nitrogen and oxygen atoms in total. The number of carbonyl (C=O) groups is 1. The smallest absolute Gasteiger partial charge is 0.268 e. The van der Waals surface area contributed by atoms with E-state index in [0.717, 1.165) is 57.8 Å². The molecular formula is C33H67N2O6P.